The van der Waals surface area contributed by atoms with Gasteiger partial charge in [0.2, 0.25) is 11.8 Å². The summed E-state index contributed by atoms with van der Waals surface area (Å²) in [7, 11) is 0. The third-order valence-corrected chi connectivity index (χ3v) is 7.80. The Bertz CT molecular complexity index is 1420. The predicted molar refractivity (Wildman–Crippen MR) is 160 cm³/mol. The van der Waals surface area contributed by atoms with Gasteiger partial charge in [-0.1, -0.05) is 60.3 Å². The molecule has 1 aliphatic carbocycles. The summed E-state index contributed by atoms with van der Waals surface area (Å²) in [6.45, 7) is 1.31. The Labute approximate surface area is 261 Å². The second-order valence-corrected chi connectivity index (χ2v) is 11.4. The van der Waals surface area contributed by atoms with Crippen LogP contribution in [0.3, 0.4) is 0 Å². The predicted octanol–water partition coefficient (Wildman–Crippen LogP) is 1.96. The van der Waals surface area contributed by atoms with Crippen molar-refractivity contribution in [3.63, 3.8) is 0 Å². The van der Waals surface area contributed by atoms with E-state index in [1.54, 1.807) is 0 Å². The lowest BCUT2D eigenvalue weighted by atomic mass is 9.98. The standard InChI is InChI=1S/C30H33N3O11S/c1-16(34)45-12-6-11-22(27(39)31-23(13-25(35)36)28(40)32-24(29(41)42)14-26(37)38)33-30(43)44-15-21-19-9-4-2-7-17(19)18-8-3-5-10-20(18)21/h2-5,7-10,21-24H,6,11-15H2,1H3,(H,31,39)(H,32,40)(H,33,43)(H,35,36)(H,37,38)(H,41,42). The van der Waals surface area contributed by atoms with Crippen LogP contribution in [0, 0.1) is 0 Å². The fourth-order valence-corrected chi connectivity index (χ4v) is 5.46. The minimum atomic E-state index is -1.89. The van der Waals surface area contributed by atoms with Gasteiger partial charge in [-0.3, -0.25) is 24.0 Å². The Morgan fingerprint density at radius 1 is 0.756 bits per heavy atom. The quantitative estimate of drug-likeness (QED) is 0.144. The minimum Gasteiger partial charge on any atom is -0.481 e. The largest absolute Gasteiger partial charge is 0.481 e. The maximum Gasteiger partial charge on any atom is 0.407 e. The molecule has 3 atom stereocenters. The molecule has 0 saturated carbocycles. The molecule has 1 aliphatic rings. The number of aliphatic carboxylic acids is 3. The van der Waals surface area contributed by atoms with Crippen molar-refractivity contribution in [1.29, 1.82) is 0 Å². The Morgan fingerprint density at radius 2 is 1.27 bits per heavy atom. The molecule has 0 fully saturated rings. The molecular formula is C30H33N3O11S. The Kier molecular flexibility index (Phi) is 12.5. The minimum absolute atomic E-state index is 0.0194. The molecule has 0 saturated heterocycles. The van der Waals surface area contributed by atoms with Gasteiger partial charge in [-0.05, 0) is 35.1 Å². The van der Waals surface area contributed by atoms with E-state index in [0.29, 0.717) is 5.75 Å². The summed E-state index contributed by atoms with van der Waals surface area (Å²) in [6.07, 6.45) is -2.66. The zero-order chi connectivity index (χ0) is 33.1. The number of hydrogen-bond acceptors (Lipinski definition) is 9. The number of carboxylic acid groups (broad SMARTS) is 3. The summed E-state index contributed by atoms with van der Waals surface area (Å²) in [5, 5.41) is 33.9. The van der Waals surface area contributed by atoms with Crippen LogP contribution in [0.4, 0.5) is 4.79 Å². The molecule has 0 aliphatic heterocycles. The number of hydrogen-bond donors (Lipinski definition) is 6. The summed E-state index contributed by atoms with van der Waals surface area (Å²) in [4.78, 5) is 84.1. The van der Waals surface area contributed by atoms with Crippen molar-refractivity contribution in [1.82, 2.24) is 16.0 Å². The first kappa shape index (κ1) is 34.6. The highest BCUT2D eigenvalue weighted by Crippen LogP contribution is 2.44. The van der Waals surface area contributed by atoms with Crippen LogP contribution in [0.2, 0.25) is 0 Å². The fourth-order valence-electron chi connectivity index (χ4n) is 4.86. The molecule has 14 nitrogen and oxygen atoms in total. The van der Waals surface area contributed by atoms with E-state index < -0.39 is 66.8 Å². The van der Waals surface area contributed by atoms with E-state index in [1.165, 1.54) is 6.92 Å². The van der Waals surface area contributed by atoms with Gasteiger partial charge in [0, 0.05) is 18.6 Å². The average molecular weight is 644 g/mol. The molecule has 0 radical (unpaired) electrons. The van der Waals surface area contributed by atoms with Crippen molar-refractivity contribution in [2.45, 2.75) is 56.7 Å². The van der Waals surface area contributed by atoms with Crippen molar-refractivity contribution in [3.8, 4) is 11.1 Å². The van der Waals surface area contributed by atoms with Crippen LogP contribution < -0.4 is 16.0 Å². The van der Waals surface area contributed by atoms with Gasteiger partial charge in [-0.2, -0.15) is 0 Å². The van der Waals surface area contributed by atoms with Crippen LogP contribution in [0.5, 0.6) is 0 Å². The topological polar surface area (TPSA) is 225 Å². The van der Waals surface area contributed by atoms with Gasteiger partial charge in [-0.15, -0.1) is 0 Å². The molecule has 6 N–H and O–H groups in total. The molecule has 2 aromatic rings. The highest BCUT2D eigenvalue weighted by molar-refractivity contribution is 8.13. The molecule has 0 bridgehead atoms. The van der Waals surface area contributed by atoms with E-state index in [9.17, 15) is 43.8 Å². The molecule has 2 aromatic carbocycles. The zero-order valence-corrected chi connectivity index (χ0v) is 25.0. The van der Waals surface area contributed by atoms with E-state index in [2.05, 4.69) is 10.6 Å². The molecule has 3 amide bonds. The number of thioether (sulfide) groups is 1. The Morgan fingerprint density at radius 3 is 1.80 bits per heavy atom. The number of alkyl carbamates (subject to hydrolysis) is 1. The Balaban J connectivity index is 1.72. The van der Waals surface area contributed by atoms with Gasteiger partial charge in [0.1, 0.15) is 24.7 Å². The first-order valence-corrected chi connectivity index (χ1v) is 14.9. The van der Waals surface area contributed by atoms with Crippen LogP contribution in [-0.2, 0) is 33.5 Å². The Hall–Kier alpha value is -4.92. The van der Waals surface area contributed by atoms with Gasteiger partial charge in [0.15, 0.2) is 5.12 Å². The van der Waals surface area contributed by atoms with E-state index in [1.807, 2.05) is 53.8 Å². The first-order chi connectivity index (χ1) is 21.4. The molecule has 45 heavy (non-hydrogen) atoms. The van der Waals surface area contributed by atoms with Gasteiger partial charge >= 0.3 is 24.0 Å². The highest BCUT2D eigenvalue weighted by atomic mass is 32.2. The van der Waals surface area contributed by atoms with Crippen molar-refractivity contribution in [2.75, 3.05) is 12.4 Å². The number of fused-ring (bicyclic) bond motifs is 3. The summed E-state index contributed by atoms with van der Waals surface area (Å²) < 4.78 is 5.51. The summed E-state index contributed by atoms with van der Waals surface area (Å²) in [5.74, 6) is -6.89. The molecule has 3 rings (SSSR count). The van der Waals surface area contributed by atoms with Crippen LogP contribution in [-0.4, -0.2) is 86.7 Å². The number of carbonyl (C=O) groups excluding carboxylic acids is 4. The van der Waals surface area contributed by atoms with Crippen molar-refractivity contribution in [3.05, 3.63) is 59.7 Å². The number of rotatable bonds is 16. The molecule has 240 valence electrons. The molecule has 0 aromatic heterocycles. The average Bonchev–Trinajstić information content (AvgIpc) is 3.29. The maximum absolute atomic E-state index is 13.2. The SMILES string of the molecule is CC(=O)SCCCC(NC(=O)OCC1c2ccccc2-c2ccccc21)C(=O)NC(CC(=O)O)C(=O)NC(CC(=O)O)C(=O)O. The summed E-state index contributed by atoms with van der Waals surface area (Å²) in [6, 6.07) is 10.4. The normalized spacial score (nSPS) is 13.7. The third-order valence-electron chi connectivity index (χ3n) is 6.90. The van der Waals surface area contributed by atoms with Crippen LogP contribution in [0.15, 0.2) is 48.5 Å². The van der Waals surface area contributed by atoms with Gasteiger partial charge in [0.05, 0.1) is 12.8 Å². The second-order valence-electron chi connectivity index (χ2n) is 10.2. The van der Waals surface area contributed by atoms with E-state index in [0.717, 1.165) is 34.0 Å². The molecule has 0 heterocycles. The maximum atomic E-state index is 13.2. The smallest absolute Gasteiger partial charge is 0.407 e. The lowest BCUT2D eigenvalue weighted by Crippen LogP contribution is -2.56. The van der Waals surface area contributed by atoms with Crippen molar-refractivity contribution >= 4 is 52.7 Å². The van der Waals surface area contributed by atoms with Crippen LogP contribution in [0.1, 0.15) is 49.7 Å². The van der Waals surface area contributed by atoms with Gasteiger partial charge in [0.25, 0.3) is 0 Å². The van der Waals surface area contributed by atoms with Crippen LogP contribution in [0.25, 0.3) is 11.1 Å². The highest BCUT2D eigenvalue weighted by Gasteiger charge is 2.33. The summed E-state index contributed by atoms with van der Waals surface area (Å²) in [5.41, 5.74) is 3.96. The number of ether oxygens (including phenoxy) is 1. The first-order valence-electron chi connectivity index (χ1n) is 13.9. The fraction of sp³-hybridized carbons (Fsp3) is 0.367. The molecule has 0 spiro atoms. The second kappa shape index (κ2) is 16.2. The number of nitrogens with one attached hydrogen (secondary N) is 3. The van der Waals surface area contributed by atoms with Crippen molar-refractivity contribution in [2.24, 2.45) is 0 Å². The number of amides is 3. The van der Waals surface area contributed by atoms with Crippen molar-refractivity contribution < 1.29 is 53.6 Å². The van der Waals surface area contributed by atoms with Gasteiger partial charge in [-0.25, -0.2) is 9.59 Å². The number of carbonyl (C=O) groups is 7. The molecule has 3 unspecified atom stereocenters. The zero-order valence-electron chi connectivity index (χ0n) is 24.2. The van der Waals surface area contributed by atoms with Gasteiger partial charge < -0.3 is 36.0 Å². The number of carboxylic acids is 3. The number of benzene rings is 2. The van der Waals surface area contributed by atoms with E-state index in [-0.39, 0.29) is 30.5 Å². The summed E-state index contributed by atoms with van der Waals surface area (Å²) >= 11 is 0.999. The van der Waals surface area contributed by atoms with E-state index in [4.69, 9.17) is 9.84 Å². The lowest BCUT2D eigenvalue weighted by Gasteiger charge is -2.23. The lowest BCUT2D eigenvalue weighted by molar-refractivity contribution is -0.148. The van der Waals surface area contributed by atoms with Crippen LogP contribution >= 0.6 is 11.8 Å². The molecular weight excluding hydrogens is 610 g/mol. The third kappa shape index (κ3) is 10.1. The van der Waals surface area contributed by atoms with E-state index >= 15 is 0 Å². The monoisotopic (exact) mass is 643 g/mol. The molecule has 15 heteroatoms.